The molecule has 84 valence electrons. The zero-order valence-electron chi connectivity index (χ0n) is 9.16. The molecule has 1 fully saturated rings. The van der Waals surface area contributed by atoms with Crippen LogP contribution < -0.4 is 0 Å². The second-order valence-corrected chi connectivity index (χ2v) is 4.80. The molecule has 3 nitrogen and oxygen atoms in total. The highest BCUT2D eigenvalue weighted by Crippen LogP contribution is 2.29. The second-order valence-electron chi connectivity index (χ2n) is 4.28. The summed E-state index contributed by atoms with van der Waals surface area (Å²) in [5.74, 6) is 0.953. The summed E-state index contributed by atoms with van der Waals surface area (Å²) in [6.45, 7) is 2.90. The first-order valence-corrected chi connectivity index (χ1v) is 5.99. The maximum Gasteiger partial charge on any atom is 0.136 e. The standard InChI is InChI=1S/C12H14N2OS/c1-7-5-8(16)6-9-11(7)14-12(13-9)10-3-2-4-15-10/h5-6,10,16H,2-4H2,1H3,(H,13,14). The first-order valence-electron chi connectivity index (χ1n) is 5.55. The Morgan fingerprint density at radius 3 is 3.12 bits per heavy atom. The maximum absolute atomic E-state index is 5.63. The van der Waals surface area contributed by atoms with Gasteiger partial charge in [-0.1, -0.05) is 0 Å². The average molecular weight is 234 g/mol. The number of imidazole rings is 1. The summed E-state index contributed by atoms with van der Waals surface area (Å²) in [5.41, 5.74) is 3.24. The number of benzene rings is 1. The van der Waals surface area contributed by atoms with Crippen LogP contribution in [0.1, 0.15) is 30.3 Å². The highest BCUT2D eigenvalue weighted by atomic mass is 32.1. The summed E-state index contributed by atoms with van der Waals surface area (Å²) < 4.78 is 5.63. The van der Waals surface area contributed by atoms with Crippen LogP contribution in [0.5, 0.6) is 0 Å². The molecular formula is C12H14N2OS. The summed E-state index contributed by atoms with van der Waals surface area (Å²) in [7, 11) is 0. The van der Waals surface area contributed by atoms with Crippen molar-refractivity contribution in [2.45, 2.75) is 30.8 Å². The summed E-state index contributed by atoms with van der Waals surface area (Å²) in [5, 5.41) is 0. The maximum atomic E-state index is 5.63. The Kier molecular flexibility index (Phi) is 2.41. The fourth-order valence-electron chi connectivity index (χ4n) is 2.24. The van der Waals surface area contributed by atoms with E-state index in [1.165, 1.54) is 0 Å². The Labute approximate surface area is 99.6 Å². The predicted octanol–water partition coefficient (Wildman–Crippen LogP) is 3.01. The summed E-state index contributed by atoms with van der Waals surface area (Å²) in [4.78, 5) is 8.92. The van der Waals surface area contributed by atoms with E-state index in [1.807, 2.05) is 12.1 Å². The third-order valence-corrected chi connectivity index (χ3v) is 3.27. The molecule has 16 heavy (non-hydrogen) atoms. The molecular weight excluding hydrogens is 220 g/mol. The minimum absolute atomic E-state index is 0.148. The Bertz CT molecular complexity index is 529. The van der Waals surface area contributed by atoms with Gasteiger partial charge >= 0.3 is 0 Å². The molecule has 0 saturated carbocycles. The zero-order chi connectivity index (χ0) is 11.1. The van der Waals surface area contributed by atoms with Crippen LogP contribution >= 0.6 is 12.6 Å². The van der Waals surface area contributed by atoms with E-state index in [2.05, 4.69) is 29.5 Å². The van der Waals surface area contributed by atoms with Gasteiger partial charge in [-0.25, -0.2) is 4.98 Å². The van der Waals surface area contributed by atoms with Gasteiger partial charge in [0.05, 0.1) is 11.0 Å². The van der Waals surface area contributed by atoms with Gasteiger partial charge in [0.2, 0.25) is 0 Å². The zero-order valence-corrected chi connectivity index (χ0v) is 10.1. The molecule has 2 aromatic rings. The van der Waals surface area contributed by atoms with Crippen molar-refractivity contribution >= 4 is 23.7 Å². The van der Waals surface area contributed by atoms with Crippen LogP contribution in [0.25, 0.3) is 11.0 Å². The lowest BCUT2D eigenvalue weighted by Gasteiger charge is -2.03. The third-order valence-electron chi connectivity index (χ3n) is 3.01. The Morgan fingerprint density at radius 1 is 1.50 bits per heavy atom. The molecule has 1 N–H and O–H groups in total. The molecule has 0 bridgehead atoms. The van der Waals surface area contributed by atoms with Gasteiger partial charge in [-0.05, 0) is 37.5 Å². The van der Waals surface area contributed by atoms with E-state index in [1.54, 1.807) is 0 Å². The number of nitrogens with zero attached hydrogens (tertiary/aromatic N) is 1. The Morgan fingerprint density at radius 2 is 2.38 bits per heavy atom. The van der Waals surface area contributed by atoms with Gasteiger partial charge in [-0.2, -0.15) is 0 Å². The van der Waals surface area contributed by atoms with Crippen molar-refractivity contribution in [3.05, 3.63) is 23.5 Å². The van der Waals surface area contributed by atoms with Crippen LogP contribution in [0.2, 0.25) is 0 Å². The molecule has 2 heterocycles. The Hall–Kier alpha value is -1.00. The van der Waals surface area contributed by atoms with Crippen molar-refractivity contribution in [1.29, 1.82) is 0 Å². The summed E-state index contributed by atoms with van der Waals surface area (Å²) >= 11 is 4.37. The quantitative estimate of drug-likeness (QED) is 0.744. The number of ether oxygens (including phenoxy) is 1. The molecule has 1 saturated heterocycles. The number of aromatic nitrogens is 2. The molecule has 1 unspecified atom stereocenters. The van der Waals surface area contributed by atoms with E-state index in [-0.39, 0.29) is 6.10 Å². The van der Waals surface area contributed by atoms with Gasteiger partial charge in [0.25, 0.3) is 0 Å². The fourth-order valence-corrected chi connectivity index (χ4v) is 2.56. The van der Waals surface area contributed by atoms with E-state index in [0.717, 1.165) is 46.8 Å². The second kappa shape index (κ2) is 3.79. The average Bonchev–Trinajstić information content (AvgIpc) is 2.82. The highest BCUT2D eigenvalue weighted by molar-refractivity contribution is 7.80. The van der Waals surface area contributed by atoms with Crippen LogP contribution in [0, 0.1) is 6.92 Å². The van der Waals surface area contributed by atoms with E-state index in [0.29, 0.717) is 0 Å². The number of rotatable bonds is 1. The van der Waals surface area contributed by atoms with E-state index < -0.39 is 0 Å². The molecule has 0 amide bonds. The number of thiol groups is 1. The molecule has 1 aliphatic rings. The smallest absolute Gasteiger partial charge is 0.136 e. The minimum atomic E-state index is 0.148. The first-order chi connectivity index (χ1) is 7.74. The monoisotopic (exact) mass is 234 g/mol. The van der Waals surface area contributed by atoms with E-state index in [9.17, 15) is 0 Å². The molecule has 1 atom stereocenters. The summed E-state index contributed by atoms with van der Waals surface area (Å²) in [6, 6.07) is 4.04. The van der Waals surface area contributed by atoms with Gasteiger partial charge in [-0.3, -0.25) is 0 Å². The number of nitrogens with one attached hydrogen (secondary N) is 1. The molecule has 0 radical (unpaired) electrons. The van der Waals surface area contributed by atoms with Crippen LogP contribution in [0.4, 0.5) is 0 Å². The first kappa shape index (κ1) is 10.2. The number of hydrogen-bond acceptors (Lipinski definition) is 3. The minimum Gasteiger partial charge on any atom is -0.370 e. The number of fused-ring (bicyclic) bond motifs is 1. The molecule has 1 aromatic carbocycles. The van der Waals surface area contributed by atoms with Gasteiger partial charge in [0.1, 0.15) is 11.9 Å². The molecule has 1 aliphatic heterocycles. The van der Waals surface area contributed by atoms with Crippen LogP contribution in [0.15, 0.2) is 17.0 Å². The molecule has 4 heteroatoms. The van der Waals surface area contributed by atoms with Crippen molar-refractivity contribution in [3.63, 3.8) is 0 Å². The van der Waals surface area contributed by atoms with Crippen LogP contribution in [0.3, 0.4) is 0 Å². The van der Waals surface area contributed by atoms with Crippen molar-refractivity contribution in [3.8, 4) is 0 Å². The number of aryl methyl sites for hydroxylation is 1. The molecule has 3 rings (SSSR count). The normalized spacial score (nSPS) is 20.8. The highest BCUT2D eigenvalue weighted by Gasteiger charge is 2.21. The lowest BCUT2D eigenvalue weighted by Crippen LogP contribution is -1.97. The van der Waals surface area contributed by atoms with Gasteiger partial charge in [0, 0.05) is 11.5 Å². The van der Waals surface area contributed by atoms with Crippen molar-refractivity contribution in [1.82, 2.24) is 9.97 Å². The number of H-pyrrole nitrogens is 1. The molecule has 0 spiro atoms. The van der Waals surface area contributed by atoms with Gasteiger partial charge < -0.3 is 9.72 Å². The topological polar surface area (TPSA) is 37.9 Å². The fraction of sp³-hybridized carbons (Fsp3) is 0.417. The third kappa shape index (κ3) is 1.62. The summed E-state index contributed by atoms with van der Waals surface area (Å²) in [6.07, 6.45) is 2.33. The lowest BCUT2D eigenvalue weighted by molar-refractivity contribution is 0.106. The van der Waals surface area contributed by atoms with Gasteiger partial charge in [0.15, 0.2) is 0 Å². The van der Waals surface area contributed by atoms with Crippen LogP contribution in [-0.4, -0.2) is 16.6 Å². The van der Waals surface area contributed by atoms with Gasteiger partial charge in [-0.15, -0.1) is 12.6 Å². The largest absolute Gasteiger partial charge is 0.370 e. The van der Waals surface area contributed by atoms with Crippen LogP contribution in [-0.2, 0) is 4.74 Å². The number of aromatic amines is 1. The van der Waals surface area contributed by atoms with Crippen molar-refractivity contribution in [2.24, 2.45) is 0 Å². The predicted molar refractivity (Wildman–Crippen MR) is 66.0 cm³/mol. The van der Waals surface area contributed by atoms with Crippen molar-refractivity contribution in [2.75, 3.05) is 6.61 Å². The number of hydrogen-bond donors (Lipinski definition) is 2. The lowest BCUT2D eigenvalue weighted by atomic mass is 10.2. The Balaban J connectivity index is 2.11. The SMILES string of the molecule is Cc1cc(S)cc2[nH]c(C3CCCO3)nc12. The van der Waals surface area contributed by atoms with E-state index in [4.69, 9.17) is 4.74 Å². The molecule has 1 aromatic heterocycles. The van der Waals surface area contributed by atoms with E-state index >= 15 is 0 Å². The van der Waals surface area contributed by atoms with Crippen molar-refractivity contribution < 1.29 is 4.74 Å². The molecule has 0 aliphatic carbocycles.